The molecule has 1 aromatic rings. The Balaban J connectivity index is 1.86. The van der Waals surface area contributed by atoms with E-state index in [4.69, 9.17) is 10.5 Å². The summed E-state index contributed by atoms with van der Waals surface area (Å²) in [4.78, 5) is 37.7. The molecular formula is C16H18FN3O5S. The fourth-order valence-corrected chi connectivity index (χ4v) is 3.86. The standard InChI is InChI=1S/C16H18FN3O5S/c17-11-8-10(2-3-12(11)19-4-1-6-26-7-5-19)20-9-16(13(18)21,14(22)23)25-15(20)24/h2-3,8H,1,4-7,9H2,(H2,18,21)(H,22,23). The van der Waals surface area contributed by atoms with Gasteiger partial charge in [-0.2, -0.15) is 11.8 Å². The Hall–Kier alpha value is -2.49. The third-order valence-corrected chi connectivity index (χ3v) is 5.46. The van der Waals surface area contributed by atoms with Crippen molar-refractivity contribution in [1.82, 2.24) is 0 Å². The highest BCUT2D eigenvalue weighted by atomic mass is 32.2. The second kappa shape index (κ2) is 7.02. The highest BCUT2D eigenvalue weighted by molar-refractivity contribution is 7.99. The first-order chi connectivity index (χ1) is 12.3. The molecule has 2 aliphatic rings. The number of hydrogen-bond donors (Lipinski definition) is 2. The van der Waals surface area contributed by atoms with Crippen molar-refractivity contribution in [2.24, 2.45) is 5.73 Å². The van der Waals surface area contributed by atoms with E-state index in [1.165, 1.54) is 6.07 Å². The first-order valence-electron chi connectivity index (χ1n) is 8.01. The van der Waals surface area contributed by atoms with Gasteiger partial charge in [0, 0.05) is 18.8 Å². The van der Waals surface area contributed by atoms with Gasteiger partial charge in [-0.05, 0) is 30.4 Å². The van der Waals surface area contributed by atoms with Crippen LogP contribution in [0.15, 0.2) is 18.2 Å². The molecule has 26 heavy (non-hydrogen) atoms. The van der Waals surface area contributed by atoms with Crippen molar-refractivity contribution in [3.05, 3.63) is 24.0 Å². The molecule has 0 spiro atoms. The van der Waals surface area contributed by atoms with Crippen molar-refractivity contribution in [1.29, 1.82) is 0 Å². The normalized spacial score (nSPS) is 23.5. The number of carbonyl (C=O) groups is 3. The van der Waals surface area contributed by atoms with Crippen molar-refractivity contribution >= 4 is 41.1 Å². The minimum atomic E-state index is -2.48. The molecule has 2 saturated heterocycles. The predicted octanol–water partition coefficient (Wildman–Crippen LogP) is 1.03. The van der Waals surface area contributed by atoms with E-state index in [0.717, 1.165) is 42.0 Å². The number of rotatable bonds is 4. The second-order valence-electron chi connectivity index (χ2n) is 6.04. The van der Waals surface area contributed by atoms with Gasteiger partial charge in [0.25, 0.3) is 5.91 Å². The number of carbonyl (C=O) groups excluding carboxylic acids is 2. The van der Waals surface area contributed by atoms with Crippen LogP contribution in [0.2, 0.25) is 0 Å². The monoisotopic (exact) mass is 383 g/mol. The molecule has 0 saturated carbocycles. The summed E-state index contributed by atoms with van der Waals surface area (Å²) < 4.78 is 19.3. The summed E-state index contributed by atoms with van der Waals surface area (Å²) >= 11 is 1.82. The number of benzene rings is 1. The van der Waals surface area contributed by atoms with E-state index in [-0.39, 0.29) is 5.69 Å². The third kappa shape index (κ3) is 3.16. The summed E-state index contributed by atoms with van der Waals surface area (Å²) in [6.45, 7) is 0.838. The van der Waals surface area contributed by atoms with Crippen LogP contribution in [0.4, 0.5) is 20.6 Å². The van der Waals surface area contributed by atoms with Gasteiger partial charge < -0.3 is 20.5 Å². The Labute approximate surface area is 153 Å². The summed E-state index contributed by atoms with van der Waals surface area (Å²) in [6.07, 6.45) is -0.117. The fourth-order valence-electron chi connectivity index (χ4n) is 2.97. The Kier molecular flexibility index (Phi) is 4.94. The molecule has 3 rings (SSSR count). The molecule has 3 N–H and O–H groups in total. The number of nitrogens with zero attached hydrogens (tertiary/aromatic N) is 2. The third-order valence-electron chi connectivity index (χ3n) is 4.41. The maximum Gasteiger partial charge on any atom is 0.416 e. The zero-order valence-corrected chi connectivity index (χ0v) is 14.6. The Morgan fingerprint density at radius 1 is 1.31 bits per heavy atom. The van der Waals surface area contributed by atoms with E-state index in [1.54, 1.807) is 6.07 Å². The lowest BCUT2D eigenvalue weighted by Crippen LogP contribution is -2.53. The van der Waals surface area contributed by atoms with Gasteiger partial charge in [0.2, 0.25) is 0 Å². The summed E-state index contributed by atoms with van der Waals surface area (Å²) in [5.74, 6) is -1.56. The van der Waals surface area contributed by atoms with Crippen LogP contribution in [-0.4, -0.2) is 59.8 Å². The summed E-state index contributed by atoms with van der Waals surface area (Å²) in [6, 6.07) is 4.17. The van der Waals surface area contributed by atoms with Crippen LogP contribution in [0.1, 0.15) is 6.42 Å². The van der Waals surface area contributed by atoms with Crippen LogP contribution < -0.4 is 15.5 Å². The number of carboxylic acid groups (broad SMARTS) is 1. The Bertz CT molecular complexity index is 737. The molecule has 2 fully saturated rings. The Morgan fingerprint density at radius 3 is 2.69 bits per heavy atom. The predicted molar refractivity (Wildman–Crippen MR) is 93.9 cm³/mol. The number of ether oxygens (including phenoxy) is 1. The molecule has 140 valence electrons. The molecule has 2 amide bonds. The molecule has 2 heterocycles. The number of carboxylic acids is 1. The average Bonchev–Trinajstić information content (AvgIpc) is 2.77. The van der Waals surface area contributed by atoms with Gasteiger partial charge in [0.1, 0.15) is 5.82 Å². The summed E-state index contributed by atoms with van der Waals surface area (Å²) in [7, 11) is 0. The van der Waals surface area contributed by atoms with Crippen LogP contribution in [0.3, 0.4) is 0 Å². The molecule has 1 atom stereocenters. The quantitative estimate of drug-likeness (QED) is 0.747. The summed E-state index contributed by atoms with van der Waals surface area (Å²) in [5, 5.41) is 9.22. The SMILES string of the molecule is NC(=O)C1(C(=O)O)CN(c2ccc(N3CCCSCC3)c(F)c2)C(=O)O1. The minimum Gasteiger partial charge on any atom is -0.478 e. The fraction of sp³-hybridized carbons (Fsp3) is 0.438. The Morgan fingerprint density at radius 2 is 2.08 bits per heavy atom. The largest absolute Gasteiger partial charge is 0.478 e. The number of amides is 2. The van der Waals surface area contributed by atoms with Crippen LogP contribution in [0.5, 0.6) is 0 Å². The van der Waals surface area contributed by atoms with Crippen LogP contribution in [0.25, 0.3) is 0 Å². The molecule has 0 radical (unpaired) electrons. The smallest absolute Gasteiger partial charge is 0.416 e. The highest BCUT2D eigenvalue weighted by Crippen LogP contribution is 2.32. The first-order valence-corrected chi connectivity index (χ1v) is 9.17. The zero-order chi connectivity index (χ0) is 18.9. The number of primary amides is 1. The molecule has 10 heteroatoms. The highest BCUT2D eigenvalue weighted by Gasteiger charge is 2.57. The number of aliphatic carboxylic acids is 1. The van der Waals surface area contributed by atoms with Crippen molar-refractivity contribution in [3.63, 3.8) is 0 Å². The van der Waals surface area contributed by atoms with E-state index in [9.17, 15) is 23.9 Å². The van der Waals surface area contributed by atoms with Gasteiger partial charge in [-0.1, -0.05) is 0 Å². The zero-order valence-electron chi connectivity index (χ0n) is 13.8. The molecule has 0 bridgehead atoms. The van der Waals surface area contributed by atoms with Crippen molar-refractivity contribution in [2.75, 3.05) is 40.9 Å². The van der Waals surface area contributed by atoms with Crippen molar-refractivity contribution in [2.45, 2.75) is 12.0 Å². The van der Waals surface area contributed by atoms with Crippen LogP contribution in [-0.2, 0) is 14.3 Å². The topological polar surface area (TPSA) is 113 Å². The lowest BCUT2D eigenvalue weighted by atomic mass is 10.0. The van der Waals surface area contributed by atoms with Gasteiger partial charge in [-0.15, -0.1) is 0 Å². The number of anilines is 2. The molecule has 1 unspecified atom stereocenters. The number of cyclic esters (lactones) is 1. The van der Waals surface area contributed by atoms with Crippen molar-refractivity contribution < 1.29 is 28.6 Å². The molecule has 2 aliphatic heterocycles. The molecule has 0 aromatic heterocycles. The maximum atomic E-state index is 14.6. The summed E-state index contributed by atoms with van der Waals surface area (Å²) in [5.41, 5.74) is 3.14. The van der Waals surface area contributed by atoms with Gasteiger partial charge in [0.15, 0.2) is 0 Å². The lowest BCUT2D eigenvalue weighted by molar-refractivity contribution is -0.160. The van der Waals surface area contributed by atoms with E-state index in [0.29, 0.717) is 5.69 Å². The van der Waals surface area contributed by atoms with Gasteiger partial charge in [-0.3, -0.25) is 9.69 Å². The van der Waals surface area contributed by atoms with Gasteiger partial charge in [-0.25, -0.2) is 14.0 Å². The lowest BCUT2D eigenvalue weighted by Gasteiger charge is -2.24. The van der Waals surface area contributed by atoms with Crippen LogP contribution in [0, 0.1) is 5.82 Å². The first kappa shape index (κ1) is 18.3. The van der Waals surface area contributed by atoms with Gasteiger partial charge in [0.05, 0.1) is 17.9 Å². The number of nitrogens with two attached hydrogens (primary N) is 1. The molecule has 1 aromatic carbocycles. The van der Waals surface area contributed by atoms with Crippen LogP contribution >= 0.6 is 11.8 Å². The average molecular weight is 383 g/mol. The number of thioether (sulfide) groups is 1. The van der Waals surface area contributed by atoms with E-state index >= 15 is 0 Å². The molecular weight excluding hydrogens is 365 g/mol. The second-order valence-corrected chi connectivity index (χ2v) is 7.26. The number of hydrogen-bond acceptors (Lipinski definition) is 6. The van der Waals surface area contributed by atoms with E-state index in [2.05, 4.69) is 0 Å². The van der Waals surface area contributed by atoms with Crippen molar-refractivity contribution in [3.8, 4) is 0 Å². The van der Waals surface area contributed by atoms with E-state index < -0.39 is 35.9 Å². The van der Waals surface area contributed by atoms with E-state index in [1.807, 2.05) is 16.7 Å². The molecule has 8 nitrogen and oxygen atoms in total. The molecule has 0 aliphatic carbocycles. The minimum absolute atomic E-state index is 0.102. The maximum absolute atomic E-state index is 14.6. The number of halogens is 1. The van der Waals surface area contributed by atoms with Gasteiger partial charge >= 0.3 is 17.7 Å².